The smallest absolute Gasteiger partial charge is 0.328 e. The number of carboxylic acid groups (broad SMARTS) is 1. The number of carbonyl (C=O) groups excluding carboxylic acids is 20. The van der Waals surface area contributed by atoms with E-state index in [2.05, 4.69) is 101 Å². The zero-order valence-electron chi connectivity index (χ0n) is 88.0. The quantitative estimate of drug-likeness (QED) is 0.0153. The van der Waals surface area contributed by atoms with Gasteiger partial charge < -0.3 is 171 Å². The number of aliphatic carboxylic acids is 1. The van der Waals surface area contributed by atoms with Crippen molar-refractivity contribution < 1.29 is 116 Å². The molecule has 0 bridgehead atoms. The lowest BCUT2D eigenvalue weighted by Gasteiger charge is -2.32. The van der Waals surface area contributed by atoms with Crippen LogP contribution in [0.15, 0.2) is 0 Å². The highest BCUT2D eigenvalue weighted by molar-refractivity contribution is 7.98. The van der Waals surface area contributed by atoms with Crippen molar-refractivity contribution in [3.8, 4) is 0 Å². The number of guanidine groups is 3. The first-order valence-electron chi connectivity index (χ1n) is 51.0. The van der Waals surface area contributed by atoms with Gasteiger partial charge in [-0.3, -0.25) is 112 Å². The maximum absolute atomic E-state index is 15.0. The second kappa shape index (κ2) is 67.8. The number of rotatable bonds is 69. The number of unbranched alkanes of at least 4 members (excludes halogenated alkanes) is 2. The van der Waals surface area contributed by atoms with Crippen LogP contribution < -0.4 is 141 Å². The second-order valence-corrected chi connectivity index (χ2v) is 40.0. The Hall–Kier alpha value is -13.2. The van der Waals surface area contributed by atoms with Crippen LogP contribution in [0.1, 0.15) is 217 Å². The number of nitrogens with zero attached hydrogens (tertiary/aromatic N) is 3. The summed E-state index contributed by atoms with van der Waals surface area (Å²) in [6.45, 7) is 14.8. The number of thioether (sulfide) groups is 1. The number of nitrogens with one attached hydrogen (secondary N) is 22. The molecule has 0 saturated carbocycles. The molecule has 56 nitrogen and oxygen atoms in total. The molecular formula is C93H166N32O24S. The predicted molar refractivity (Wildman–Crippen MR) is 552 cm³/mol. The van der Waals surface area contributed by atoms with Gasteiger partial charge in [0.05, 0.1) is 25.8 Å². The largest absolute Gasteiger partial charge is 0.480 e. The topological polar surface area (TPSA) is 911 Å². The molecule has 150 heavy (non-hydrogen) atoms. The second-order valence-electron chi connectivity index (χ2n) is 39.0. The van der Waals surface area contributed by atoms with E-state index in [-0.39, 0.29) is 167 Å². The number of hydrogen-bond acceptors (Lipinski definition) is 30. The van der Waals surface area contributed by atoms with E-state index in [1.54, 1.807) is 61.6 Å². The summed E-state index contributed by atoms with van der Waals surface area (Å²) < 4.78 is 0. The van der Waals surface area contributed by atoms with Crippen molar-refractivity contribution in [3.05, 3.63) is 0 Å². The zero-order chi connectivity index (χ0) is 113. The molecule has 39 N–H and O–H groups in total. The van der Waals surface area contributed by atoms with Gasteiger partial charge in [0.25, 0.3) is 0 Å². The van der Waals surface area contributed by atoms with Crippen LogP contribution in [0.2, 0.25) is 0 Å². The van der Waals surface area contributed by atoms with E-state index in [4.69, 9.17) is 56.4 Å². The Morgan fingerprint density at radius 3 is 1.11 bits per heavy atom. The summed E-state index contributed by atoms with van der Waals surface area (Å²) in [4.78, 5) is 297. The molecule has 3 rings (SSSR count). The Morgan fingerprint density at radius 1 is 0.347 bits per heavy atom. The fraction of sp³-hybridized carbons (Fsp3) is 0.742. The standard InChI is InChI=1S/C93H166N32O24S/c1-47(2)43-61(80(138)112-55(23-13-15-34-94)75(133)108-52(10)73(131)111-56(26-18-37-105-92(100)101)76(134)114-59(33-42-150-12)79(137)120-69(48(3)4)86(144)119-63(46-127)90(148)149)117-77(135)58(31-32-67(97)128)116-83(141)65-29-22-41-125(65)89(147)71(50(7)8)122-78(136)57(27-19-38-106-93(102)103)113-81(139)62(45-126)118-85(143)70(49(5)6)121-84(142)66-30-21-40-124(66)88(146)60(24-14-16-35-95)110-68(129)44-107-74(132)54(25-17-36-104-91(98)99)115-82(140)64-28-20-39-123(64)87(145)53(11)109-72(130)51(9)96/h47-66,69-71,126-127H,13-46,94-96H2,1-12H3,(H2,97,128)(H,107,132)(H,108,133)(H,109,130)(H,110,129)(H,111,131)(H,112,138)(H,113,139)(H,114,134)(H,115,140)(H,116,141)(H,117,135)(H,118,143)(H,119,144)(H,120,137)(H,121,142)(H,122,136)(H,148,149)(H4,98,99,104)(H4,100,101,105)(H4,102,103,106)/t51-,52-,53-,54-,55-,56-,57-,58-,59-,60-,61-,62-,63-,64-,65-,66-,69-,70-,71-/m0/s1. The van der Waals surface area contributed by atoms with Crippen LogP contribution in [0.3, 0.4) is 0 Å². The van der Waals surface area contributed by atoms with Gasteiger partial charge in [0, 0.05) is 45.7 Å². The van der Waals surface area contributed by atoms with Gasteiger partial charge in [-0.2, -0.15) is 11.8 Å². The molecule has 3 fully saturated rings. The van der Waals surface area contributed by atoms with Crippen molar-refractivity contribution in [2.75, 3.05) is 84.1 Å². The van der Waals surface area contributed by atoms with E-state index in [9.17, 15) is 111 Å². The average molecular weight is 2150 g/mol. The first kappa shape index (κ1) is 131. The summed E-state index contributed by atoms with van der Waals surface area (Å²) in [7, 11) is 0. The maximum atomic E-state index is 15.0. The lowest BCUT2D eigenvalue weighted by atomic mass is 10.00. The SMILES string of the molecule is CSCC[C@H](NC(=O)[C@H](CCCNC(=N)N)NC(=O)[C@H](C)NC(=O)[C@H](CCCCN)NC(=O)[C@H](CC(C)C)NC(=O)[C@H](CCC(N)=O)NC(=O)[C@@H]1CCCN1C(=O)[C@@H](NC(=O)[C@H](CCCNC(=N)N)NC(=O)[C@H](CO)NC(=O)[C@@H](NC(=O)[C@@H]1CCCN1C(=O)[C@H](CCCCN)NC(=O)CNC(=O)[C@H](CCCNC(=N)N)NC(=O)[C@@H]1CCCN1C(=O)[C@H](C)NC(=O)[C@H](C)N)C(C)C)C(C)C)C(=O)N[C@H](C(=O)N[C@@H](CO)C(=O)O)C(C)C. The van der Waals surface area contributed by atoms with Crippen molar-refractivity contribution in [2.45, 2.75) is 332 Å². The van der Waals surface area contributed by atoms with E-state index in [0.717, 1.165) is 0 Å². The van der Waals surface area contributed by atoms with Crippen molar-refractivity contribution >= 4 is 154 Å². The summed E-state index contributed by atoms with van der Waals surface area (Å²) in [5, 5.41) is 102. The summed E-state index contributed by atoms with van der Waals surface area (Å²) in [6.07, 6.45) is 2.99. The van der Waals surface area contributed by atoms with E-state index in [1.165, 1.54) is 47.2 Å². The number of nitrogens with two attached hydrogens (primary N) is 7. The van der Waals surface area contributed by atoms with Gasteiger partial charge in [-0.25, -0.2) is 4.79 Å². The third kappa shape index (κ3) is 45.7. The van der Waals surface area contributed by atoms with Crippen molar-refractivity contribution in [2.24, 2.45) is 63.8 Å². The highest BCUT2D eigenvalue weighted by Gasteiger charge is 2.46. The van der Waals surface area contributed by atoms with Crippen LogP contribution >= 0.6 is 11.8 Å². The summed E-state index contributed by atoms with van der Waals surface area (Å²) >= 11 is 1.31. The van der Waals surface area contributed by atoms with Gasteiger partial charge in [-0.05, 0) is 204 Å². The third-order valence-corrected chi connectivity index (χ3v) is 25.7. The first-order chi connectivity index (χ1) is 70.7. The minimum absolute atomic E-state index is 0.00475. The normalized spacial score (nSPS) is 17.5. The maximum Gasteiger partial charge on any atom is 0.328 e. The van der Waals surface area contributed by atoms with E-state index in [1.807, 2.05) is 0 Å². The minimum atomic E-state index is -1.84. The lowest BCUT2D eigenvalue weighted by Crippen LogP contribution is -2.62. The number of aliphatic hydroxyl groups is 2. The van der Waals surface area contributed by atoms with Crippen LogP contribution in [-0.4, -0.2) is 371 Å². The fourth-order valence-electron chi connectivity index (χ4n) is 16.7. The van der Waals surface area contributed by atoms with Crippen molar-refractivity contribution in [1.82, 2.24) is 116 Å². The molecule has 3 heterocycles. The van der Waals surface area contributed by atoms with Crippen molar-refractivity contribution in [1.29, 1.82) is 16.2 Å². The van der Waals surface area contributed by atoms with Crippen LogP contribution in [0, 0.1) is 39.9 Å². The van der Waals surface area contributed by atoms with Crippen molar-refractivity contribution in [3.63, 3.8) is 0 Å². The molecule has 57 heteroatoms. The Bertz CT molecular complexity index is 4580. The number of primary amides is 1. The molecule has 0 unspecified atom stereocenters. The molecule has 0 spiro atoms. The Balaban J connectivity index is 1.87. The van der Waals surface area contributed by atoms with Gasteiger partial charge in [-0.15, -0.1) is 0 Å². The number of carboxylic acids is 1. The Morgan fingerprint density at radius 2 is 0.693 bits per heavy atom. The first-order valence-corrected chi connectivity index (χ1v) is 52.4. The van der Waals surface area contributed by atoms with Crippen LogP contribution in [0.25, 0.3) is 0 Å². The third-order valence-electron chi connectivity index (χ3n) is 25.1. The molecule has 0 aromatic carbocycles. The van der Waals surface area contributed by atoms with Gasteiger partial charge in [-0.1, -0.05) is 55.4 Å². The summed E-state index contributed by atoms with van der Waals surface area (Å²) in [6, 6.07) is -26.4. The number of aliphatic hydroxyl groups excluding tert-OH is 2. The number of carbonyl (C=O) groups is 21. The van der Waals surface area contributed by atoms with E-state index < -0.39 is 301 Å². The Labute approximate surface area is 877 Å². The molecule has 0 aromatic heterocycles. The zero-order valence-corrected chi connectivity index (χ0v) is 88.8. The summed E-state index contributed by atoms with van der Waals surface area (Å²) in [5.41, 5.74) is 39.5. The summed E-state index contributed by atoms with van der Waals surface area (Å²) in [5.74, 6) is -22.2. The number of likely N-dealkylation sites (tertiary alicyclic amines) is 3. The molecule has 848 valence electrons. The van der Waals surface area contributed by atoms with Gasteiger partial charge in [0.1, 0.15) is 109 Å². The molecule has 20 amide bonds. The van der Waals surface area contributed by atoms with Crippen LogP contribution in [0.5, 0.6) is 0 Å². The molecule has 19 atom stereocenters. The van der Waals surface area contributed by atoms with Crippen LogP contribution in [-0.2, 0) is 101 Å². The number of amides is 20. The minimum Gasteiger partial charge on any atom is -0.480 e. The van der Waals surface area contributed by atoms with Crippen LogP contribution in [0.4, 0.5) is 0 Å². The molecule has 3 aliphatic heterocycles. The number of hydrogen-bond donors (Lipinski definition) is 32. The van der Waals surface area contributed by atoms with E-state index >= 15 is 4.79 Å². The molecule has 3 aliphatic rings. The molecule has 3 saturated heterocycles. The van der Waals surface area contributed by atoms with Gasteiger partial charge in [0.15, 0.2) is 17.9 Å². The van der Waals surface area contributed by atoms with E-state index in [0.29, 0.717) is 31.4 Å². The highest BCUT2D eigenvalue weighted by Crippen LogP contribution is 2.26. The highest BCUT2D eigenvalue weighted by atomic mass is 32.2. The lowest BCUT2D eigenvalue weighted by molar-refractivity contribution is -0.144. The van der Waals surface area contributed by atoms with Gasteiger partial charge >= 0.3 is 5.97 Å². The van der Waals surface area contributed by atoms with Gasteiger partial charge in [0.2, 0.25) is 118 Å². The molecular weight excluding hydrogens is 1980 g/mol. The Kier molecular flexibility index (Phi) is 59.2. The average Bonchev–Trinajstić information content (AvgIpc) is 1.55. The predicted octanol–water partition coefficient (Wildman–Crippen LogP) is -10.1. The fourth-order valence-corrected chi connectivity index (χ4v) is 17.2. The molecule has 0 aromatic rings. The monoisotopic (exact) mass is 2150 g/mol. The molecule has 0 aliphatic carbocycles. The molecule has 0 radical (unpaired) electrons.